The third kappa shape index (κ3) is 93000. The van der Waals surface area contributed by atoms with Gasteiger partial charge < -0.3 is 53.2 Å². The maximum absolute atomic E-state index is 8.81. The molecule has 0 rings (SSSR count). The molecule has 10 heteroatoms. The minimum atomic E-state index is -1.25. The fourth-order valence-electron chi connectivity index (χ4n) is 0. The van der Waals surface area contributed by atoms with E-state index in [-0.39, 0.29) is 24.4 Å². The Balaban J connectivity index is -0.0000000450. The van der Waals surface area contributed by atoms with Crippen LogP contribution >= 0.6 is 0 Å². The minimum Gasteiger partial charge on any atom is -0.698 e. The predicted octanol–water partition coefficient (Wildman–Crippen LogP) is 0.253. The van der Waals surface area contributed by atoms with Gasteiger partial charge in [-0.2, -0.15) is 0 Å². The standard InChI is InChI=1S/3CH2O2S.Sb/c3*2-1(3)4;/h3*4H,(H,2,3);/q;;;+3/p-3. The Hall–Kier alpha value is -0.112. The van der Waals surface area contributed by atoms with Crippen LogP contribution in [0.2, 0.25) is 0 Å². The molecule has 0 amide bonds. The molecular weight excluding hydrogens is 350 g/mol. The van der Waals surface area contributed by atoms with E-state index in [1.807, 2.05) is 0 Å². The van der Waals surface area contributed by atoms with Crippen molar-refractivity contribution in [3.05, 3.63) is 0 Å². The van der Waals surface area contributed by atoms with Gasteiger partial charge in [0.1, 0.15) is 0 Å². The van der Waals surface area contributed by atoms with Crippen LogP contribution < -0.4 is 0 Å². The first-order valence-electron chi connectivity index (χ1n) is 1.90. The van der Waals surface area contributed by atoms with E-state index >= 15 is 0 Å². The van der Waals surface area contributed by atoms with Crippen LogP contribution in [-0.2, 0) is 37.9 Å². The second kappa shape index (κ2) is 17.8. The normalized spacial score (nSPS) is 5.54. The molecule has 0 saturated carbocycles. The van der Waals surface area contributed by atoms with Gasteiger partial charge in [-0.15, -0.1) is 0 Å². The Kier molecular flexibility index (Phi) is 31.6. The van der Waals surface area contributed by atoms with Gasteiger partial charge in [0.2, 0.25) is 0 Å². The van der Waals surface area contributed by atoms with Crippen LogP contribution in [0, 0.1) is 0 Å². The van der Waals surface area contributed by atoms with Crippen molar-refractivity contribution in [2.75, 3.05) is 0 Å². The Labute approximate surface area is 107 Å². The predicted molar refractivity (Wildman–Crippen MR) is 51.9 cm³/mol. The van der Waals surface area contributed by atoms with Gasteiger partial charge in [0, 0.05) is 0 Å². The summed E-state index contributed by atoms with van der Waals surface area (Å²) in [6.45, 7) is 0. The smallest absolute Gasteiger partial charge is 0.698 e. The van der Waals surface area contributed by atoms with E-state index in [1.54, 1.807) is 0 Å². The van der Waals surface area contributed by atoms with Crippen LogP contribution in [0.25, 0.3) is 0 Å². The van der Waals surface area contributed by atoms with Crippen LogP contribution in [0.15, 0.2) is 0 Å². The summed E-state index contributed by atoms with van der Waals surface area (Å²) in [6, 6.07) is 0. The van der Waals surface area contributed by atoms with Crippen LogP contribution in [0.1, 0.15) is 0 Å². The van der Waals surface area contributed by atoms with Crippen LogP contribution in [0.3, 0.4) is 0 Å². The fourth-order valence-corrected chi connectivity index (χ4v) is 0. The maximum atomic E-state index is 8.81. The molecular formula is C3H3O6S3Sb. The van der Waals surface area contributed by atoms with Crippen molar-refractivity contribution in [1.29, 1.82) is 0 Å². The number of carbonyl (C=O) groups is 3. The van der Waals surface area contributed by atoms with Crippen LogP contribution in [0.4, 0.5) is 14.4 Å². The van der Waals surface area contributed by atoms with Crippen molar-refractivity contribution in [2.24, 2.45) is 0 Å². The Morgan fingerprint density at radius 2 is 0.692 bits per heavy atom. The van der Waals surface area contributed by atoms with Crippen molar-refractivity contribution in [3.8, 4) is 0 Å². The summed E-state index contributed by atoms with van der Waals surface area (Å²) < 4.78 is 0. The summed E-state index contributed by atoms with van der Waals surface area (Å²) in [5.74, 6) is 0. The molecule has 0 aromatic heterocycles. The quantitative estimate of drug-likeness (QED) is 0.417. The molecule has 2 radical (unpaired) electrons. The average Bonchev–Trinajstić information content (AvgIpc) is 1.54. The van der Waals surface area contributed by atoms with E-state index in [4.69, 9.17) is 29.7 Å². The largest absolute Gasteiger partial charge is 3.00 e. The summed E-state index contributed by atoms with van der Waals surface area (Å²) in [5, 5.41) is 17.9. The third-order valence-corrected chi connectivity index (χ3v) is 0. The molecule has 74 valence electrons. The molecule has 0 aliphatic heterocycles. The number of carboxylic acid groups (broad SMARTS) is 3. The summed E-state index contributed by atoms with van der Waals surface area (Å²) in [4.78, 5) is 26.4. The van der Waals surface area contributed by atoms with Gasteiger partial charge in [-0.25, -0.2) is 0 Å². The van der Waals surface area contributed by atoms with Gasteiger partial charge in [0.15, 0.2) is 15.9 Å². The molecule has 0 atom stereocenters. The Morgan fingerprint density at radius 3 is 0.692 bits per heavy atom. The van der Waals surface area contributed by atoms with Gasteiger partial charge >= 0.3 is 24.4 Å². The summed E-state index contributed by atoms with van der Waals surface area (Å²) in [5.41, 5.74) is 0. The third-order valence-electron chi connectivity index (χ3n) is 0. The zero-order valence-electron chi connectivity index (χ0n) is 5.74. The molecule has 0 aromatic carbocycles. The molecule has 0 heterocycles. The molecule has 6 nitrogen and oxygen atoms in total. The molecule has 0 bridgehead atoms. The van der Waals surface area contributed by atoms with Gasteiger partial charge in [0.25, 0.3) is 0 Å². The van der Waals surface area contributed by atoms with Gasteiger partial charge in [-0.3, -0.25) is 14.4 Å². The monoisotopic (exact) mass is 352 g/mol. The first-order valence-corrected chi connectivity index (χ1v) is 3.12. The van der Waals surface area contributed by atoms with Crippen molar-refractivity contribution in [2.45, 2.75) is 0 Å². The topological polar surface area (TPSA) is 112 Å². The molecule has 3 N–H and O–H groups in total. The fraction of sp³-hybridized carbons (Fsp3) is 0. The number of rotatable bonds is 0. The van der Waals surface area contributed by atoms with Crippen molar-refractivity contribution >= 4 is 78.2 Å². The molecule has 13 heavy (non-hydrogen) atoms. The van der Waals surface area contributed by atoms with Crippen LogP contribution in [0.5, 0.6) is 0 Å². The summed E-state index contributed by atoms with van der Waals surface area (Å²) in [7, 11) is 0. The molecule has 0 saturated heterocycles. The molecule has 0 spiro atoms. The van der Waals surface area contributed by atoms with Crippen molar-refractivity contribution in [3.63, 3.8) is 0 Å². The Bertz CT molecular complexity index is 121. The molecule has 0 aliphatic carbocycles. The molecule has 0 unspecified atom stereocenters. The summed E-state index contributed by atoms with van der Waals surface area (Å²) in [6.07, 6.45) is 0. The first kappa shape index (κ1) is 23.1. The SMILES string of the molecule is O=C(O)[S-].O=C(O)[S-].O=C(O)[S-].[Sb+3]. The second-order valence-corrected chi connectivity index (χ2v) is 1.85. The van der Waals surface area contributed by atoms with E-state index < -0.39 is 15.9 Å². The maximum Gasteiger partial charge on any atom is 3.00 e. The van der Waals surface area contributed by atoms with E-state index in [2.05, 4.69) is 37.9 Å². The van der Waals surface area contributed by atoms with Crippen molar-refractivity contribution < 1.29 is 29.7 Å². The van der Waals surface area contributed by atoms with Gasteiger partial charge in [-0.05, 0) is 0 Å². The number of hydrogen-bond donors (Lipinski definition) is 3. The summed E-state index contributed by atoms with van der Waals surface area (Å²) >= 11 is 10.6. The molecule has 0 aromatic rings. The van der Waals surface area contributed by atoms with E-state index in [0.29, 0.717) is 0 Å². The zero-order valence-corrected chi connectivity index (χ0v) is 10.7. The number of hydrogen-bond acceptors (Lipinski definition) is 6. The molecule has 0 fully saturated rings. The minimum absolute atomic E-state index is 0. The zero-order chi connectivity index (χ0) is 10.7. The first-order chi connectivity index (χ1) is 5.20. The van der Waals surface area contributed by atoms with Crippen molar-refractivity contribution in [1.82, 2.24) is 0 Å². The average molecular weight is 353 g/mol. The van der Waals surface area contributed by atoms with E-state index in [9.17, 15) is 0 Å². The van der Waals surface area contributed by atoms with Gasteiger partial charge in [-0.1, -0.05) is 0 Å². The molecule has 0 aliphatic rings. The second-order valence-electron chi connectivity index (χ2n) is 0.798. The van der Waals surface area contributed by atoms with E-state index in [1.165, 1.54) is 0 Å². The van der Waals surface area contributed by atoms with Gasteiger partial charge in [0.05, 0.1) is 0 Å². The van der Waals surface area contributed by atoms with E-state index in [0.717, 1.165) is 0 Å². The van der Waals surface area contributed by atoms with Crippen LogP contribution in [-0.4, -0.2) is 55.7 Å². The Morgan fingerprint density at radius 1 is 0.692 bits per heavy atom.